The van der Waals surface area contributed by atoms with Gasteiger partial charge in [0.1, 0.15) is 11.4 Å². The summed E-state index contributed by atoms with van der Waals surface area (Å²) < 4.78 is 12.8. The van der Waals surface area contributed by atoms with Crippen molar-refractivity contribution in [3.63, 3.8) is 0 Å². The lowest BCUT2D eigenvalue weighted by molar-refractivity contribution is -0.123. The first-order chi connectivity index (χ1) is 14.5. The van der Waals surface area contributed by atoms with Crippen molar-refractivity contribution in [2.75, 3.05) is 6.61 Å². The molecule has 30 heavy (non-hydrogen) atoms. The second kappa shape index (κ2) is 8.71. The summed E-state index contributed by atoms with van der Waals surface area (Å²) in [4.78, 5) is 11.7. The molecule has 1 saturated carbocycles. The van der Waals surface area contributed by atoms with Crippen molar-refractivity contribution in [3.05, 3.63) is 53.5 Å². The van der Waals surface area contributed by atoms with Crippen LogP contribution in [0.3, 0.4) is 0 Å². The van der Waals surface area contributed by atoms with Crippen LogP contribution in [-0.2, 0) is 18.4 Å². The Morgan fingerprint density at radius 3 is 2.77 bits per heavy atom. The summed E-state index contributed by atoms with van der Waals surface area (Å²) in [5.41, 5.74) is 3.93. The van der Waals surface area contributed by atoms with E-state index in [0.717, 1.165) is 41.1 Å². The number of carbonyl (C=O) groups excluding carboxylic acids is 1. The zero-order chi connectivity index (χ0) is 21.1. The number of rotatable bonds is 9. The number of nitrogens with zero attached hydrogens (tertiary/aromatic N) is 3. The molecule has 158 valence electrons. The van der Waals surface area contributed by atoms with Crippen molar-refractivity contribution >= 4 is 5.91 Å². The van der Waals surface area contributed by atoms with E-state index in [1.165, 1.54) is 0 Å². The lowest BCUT2D eigenvalue weighted by Crippen LogP contribution is -2.30. The van der Waals surface area contributed by atoms with Crippen LogP contribution >= 0.6 is 0 Å². The first kappa shape index (κ1) is 20.2. The first-order valence-electron chi connectivity index (χ1n) is 10.2. The monoisotopic (exact) mass is 409 g/mol. The highest BCUT2D eigenvalue weighted by Gasteiger charge is 2.23. The van der Waals surface area contributed by atoms with E-state index in [9.17, 15) is 4.79 Å². The van der Waals surface area contributed by atoms with E-state index in [0.29, 0.717) is 18.3 Å². The van der Waals surface area contributed by atoms with Crippen LogP contribution in [0.25, 0.3) is 11.3 Å². The number of hydrogen-bond acceptors (Lipinski definition) is 6. The summed E-state index contributed by atoms with van der Waals surface area (Å²) in [7, 11) is 1.91. The summed E-state index contributed by atoms with van der Waals surface area (Å²) >= 11 is 0. The normalized spacial score (nSPS) is 14.5. The van der Waals surface area contributed by atoms with Gasteiger partial charge in [0.25, 0.3) is 5.91 Å². The largest absolute Gasteiger partial charge is 0.484 e. The molecule has 0 saturated heterocycles. The minimum Gasteiger partial charge on any atom is -0.484 e. The van der Waals surface area contributed by atoms with Gasteiger partial charge in [-0.05, 0) is 44.4 Å². The number of nitrogens with one attached hydrogen (secondary N) is 2. The highest BCUT2D eigenvalue weighted by atomic mass is 16.5. The standard InChI is InChI=1S/C22H27N5O3/c1-14(16-4-8-18(9-5-16)29-13-22(28)25-17-6-7-17)23-11-19-10-21(26-30-19)20-12-24-27(3)15(20)2/h4-5,8-10,12,14,17,23H,6-7,11,13H2,1-3H3,(H,25,28). The number of aryl methyl sites for hydroxylation is 1. The predicted octanol–water partition coefficient (Wildman–Crippen LogP) is 2.89. The molecule has 0 radical (unpaired) electrons. The molecule has 8 nitrogen and oxygen atoms in total. The van der Waals surface area contributed by atoms with Crippen molar-refractivity contribution in [1.29, 1.82) is 0 Å². The van der Waals surface area contributed by atoms with Crippen LogP contribution in [0.2, 0.25) is 0 Å². The maximum absolute atomic E-state index is 11.7. The quantitative estimate of drug-likeness (QED) is 0.564. The maximum atomic E-state index is 11.7. The molecule has 4 rings (SSSR count). The third-order valence-corrected chi connectivity index (χ3v) is 5.35. The molecule has 1 fully saturated rings. The van der Waals surface area contributed by atoms with Crippen LogP contribution in [0.4, 0.5) is 0 Å². The molecule has 1 aliphatic carbocycles. The van der Waals surface area contributed by atoms with E-state index in [4.69, 9.17) is 9.26 Å². The van der Waals surface area contributed by atoms with Gasteiger partial charge in [-0.1, -0.05) is 17.3 Å². The van der Waals surface area contributed by atoms with Gasteiger partial charge in [0.15, 0.2) is 12.4 Å². The second-order valence-corrected chi connectivity index (χ2v) is 7.75. The van der Waals surface area contributed by atoms with Gasteiger partial charge in [0.2, 0.25) is 0 Å². The summed E-state index contributed by atoms with van der Waals surface area (Å²) in [5, 5.41) is 14.8. The van der Waals surface area contributed by atoms with Crippen LogP contribution in [-0.4, -0.2) is 33.5 Å². The molecule has 2 heterocycles. The highest BCUT2D eigenvalue weighted by Crippen LogP contribution is 2.23. The van der Waals surface area contributed by atoms with Crippen molar-refractivity contribution in [1.82, 2.24) is 25.6 Å². The molecule has 2 N–H and O–H groups in total. The van der Waals surface area contributed by atoms with Crippen LogP contribution in [0.1, 0.15) is 42.8 Å². The summed E-state index contributed by atoms with van der Waals surface area (Å²) in [6.45, 7) is 4.70. The van der Waals surface area contributed by atoms with Crippen molar-refractivity contribution in [2.45, 2.75) is 45.3 Å². The predicted molar refractivity (Wildman–Crippen MR) is 112 cm³/mol. The Kier molecular flexibility index (Phi) is 5.85. The van der Waals surface area contributed by atoms with E-state index in [2.05, 4.69) is 27.8 Å². The highest BCUT2D eigenvalue weighted by molar-refractivity contribution is 5.78. The smallest absolute Gasteiger partial charge is 0.258 e. The molecule has 2 aromatic heterocycles. The molecule has 1 atom stereocenters. The molecule has 0 spiro atoms. The fraction of sp³-hybridized carbons (Fsp3) is 0.409. The SMILES string of the molecule is Cc1c(-c2cc(CNC(C)c3ccc(OCC(=O)NC4CC4)cc3)on2)cnn1C. The lowest BCUT2D eigenvalue weighted by Gasteiger charge is -2.14. The van der Waals surface area contributed by atoms with Crippen LogP contribution in [0, 0.1) is 6.92 Å². The summed E-state index contributed by atoms with van der Waals surface area (Å²) in [6.07, 6.45) is 3.94. The Balaban J connectivity index is 1.27. The topological polar surface area (TPSA) is 94.2 Å². The zero-order valence-corrected chi connectivity index (χ0v) is 17.5. The van der Waals surface area contributed by atoms with Crippen molar-refractivity contribution in [3.8, 4) is 17.0 Å². The van der Waals surface area contributed by atoms with Gasteiger partial charge >= 0.3 is 0 Å². The molecular formula is C22H27N5O3. The molecular weight excluding hydrogens is 382 g/mol. The van der Waals surface area contributed by atoms with Gasteiger partial charge in [0, 0.05) is 36.5 Å². The van der Waals surface area contributed by atoms with Crippen LogP contribution in [0.5, 0.6) is 5.75 Å². The Bertz CT molecular complexity index is 1000. The molecule has 1 aliphatic rings. The fourth-order valence-electron chi connectivity index (χ4n) is 3.14. The van der Waals surface area contributed by atoms with Gasteiger partial charge in [-0.15, -0.1) is 0 Å². The van der Waals surface area contributed by atoms with E-state index in [1.54, 1.807) is 6.20 Å². The van der Waals surface area contributed by atoms with E-state index < -0.39 is 0 Å². The molecule has 8 heteroatoms. The molecule has 1 aromatic carbocycles. The second-order valence-electron chi connectivity index (χ2n) is 7.75. The lowest BCUT2D eigenvalue weighted by atomic mass is 10.1. The number of amides is 1. The third-order valence-electron chi connectivity index (χ3n) is 5.35. The minimum absolute atomic E-state index is 0.0495. The number of aromatic nitrogens is 3. The molecule has 1 unspecified atom stereocenters. The van der Waals surface area contributed by atoms with Crippen LogP contribution in [0.15, 0.2) is 41.1 Å². The van der Waals surface area contributed by atoms with E-state index in [1.807, 2.05) is 49.0 Å². The van der Waals surface area contributed by atoms with E-state index in [-0.39, 0.29) is 18.6 Å². The van der Waals surface area contributed by atoms with Gasteiger partial charge in [-0.2, -0.15) is 5.10 Å². The first-order valence-corrected chi connectivity index (χ1v) is 10.2. The number of benzene rings is 1. The molecule has 1 amide bonds. The molecule has 0 bridgehead atoms. The average Bonchev–Trinajstić information content (AvgIpc) is 3.33. The third kappa shape index (κ3) is 4.88. The molecule has 0 aliphatic heterocycles. The molecule has 3 aromatic rings. The number of ether oxygens (including phenoxy) is 1. The van der Waals surface area contributed by atoms with Gasteiger partial charge in [-0.25, -0.2) is 0 Å². The van der Waals surface area contributed by atoms with Crippen LogP contribution < -0.4 is 15.4 Å². The Hall–Kier alpha value is -3.13. The van der Waals surface area contributed by atoms with Crippen molar-refractivity contribution < 1.29 is 14.1 Å². The zero-order valence-electron chi connectivity index (χ0n) is 17.5. The number of hydrogen-bond donors (Lipinski definition) is 2. The van der Waals surface area contributed by atoms with Gasteiger partial charge in [-0.3, -0.25) is 9.48 Å². The fourth-order valence-corrected chi connectivity index (χ4v) is 3.14. The average molecular weight is 409 g/mol. The van der Waals surface area contributed by atoms with E-state index >= 15 is 0 Å². The van der Waals surface area contributed by atoms with Gasteiger partial charge < -0.3 is 19.9 Å². The number of carbonyl (C=O) groups is 1. The van der Waals surface area contributed by atoms with Crippen molar-refractivity contribution in [2.24, 2.45) is 7.05 Å². The van der Waals surface area contributed by atoms with Gasteiger partial charge in [0.05, 0.1) is 12.7 Å². The minimum atomic E-state index is -0.0653. The summed E-state index contributed by atoms with van der Waals surface area (Å²) in [6, 6.07) is 10.2. The Morgan fingerprint density at radius 1 is 1.33 bits per heavy atom. The summed E-state index contributed by atoms with van der Waals surface area (Å²) in [5.74, 6) is 1.38. The Morgan fingerprint density at radius 2 is 2.10 bits per heavy atom. The Labute approximate surface area is 175 Å². The maximum Gasteiger partial charge on any atom is 0.258 e.